The van der Waals surface area contributed by atoms with Crippen molar-refractivity contribution in [2.75, 3.05) is 0 Å². The Morgan fingerprint density at radius 3 is 2.48 bits per heavy atom. The van der Waals surface area contributed by atoms with Crippen LogP contribution in [-0.4, -0.2) is 21.3 Å². The van der Waals surface area contributed by atoms with Gasteiger partial charge in [0, 0.05) is 0 Å². The maximum absolute atomic E-state index is 13.8. The highest BCUT2D eigenvalue weighted by Gasteiger charge is 2.16. The lowest BCUT2D eigenvalue weighted by Crippen LogP contribution is -2.09. The van der Waals surface area contributed by atoms with Crippen LogP contribution >= 0.6 is 0 Å². The molecule has 0 bridgehead atoms. The molecule has 1 heterocycles. The normalized spacial score (nSPS) is 10.6. The van der Waals surface area contributed by atoms with Gasteiger partial charge in [0.1, 0.15) is 11.6 Å². The largest absolute Gasteiger partial charge is 0.481 e. The molecule has 1 aromatic heterocycles. The van der Waals surface area contributed by atoms with Crippen molar-refractivity contribution in [3.8, 4) is 11.3 Å². The van der Waals surface area contributed by atoms with Crippen molar-refractivity contribution < 1.29 is 18.7 Å². The second kappa shape index (κ2) is 6.39. The summed E-state index contributed by atoms with van der Waals surface area (Å²) in [7, 11) is 0. The van der Waals surface area contributed by atoms with Crippen LogP contribution in [0.2, 0.25) is 0 Å². The fourth-order valence-electron chi connectivity index (χ4n) is 2.10. The molecule has 0 unspecified atom stereocenters. The van der Waals surface area contributed by atoms with Crippen LogP contribution in [0.1, 0.15) is 24.6 Å². The quantitative estimate of drug-likeness (QED) is 0.920. The highest BCUT2D eigenvalue weighted by molar-refractivity contribution is 5.70. The van der Waals surface area contributed by atoms with Gasteiger partial charge in [-0.05, 0) is 30.2 Å². The summed E-state index contributed by atoms with van der Waals surface area (Å²) in [6, 6.07) is 5.07. The maximum Gasteiger partial charge on any atom is 0.309 e. The standard InChI is InChI=1S/C15H14F2N2O2/c1-2-4-9-7-13(19-18-12(9)8-14(20)21)15-10(16)5-3-6-11(15)17/h3,5-7H,2,4,8H2,1H3,(H,20,21). The Labute approximate surface area is 120 Å². The van der Waals surface area contributed by atoms with E-state index in [4.69, 9.17) is 5.11 Å². The minimum absolute atomic E-state index is 0.0724. The van der Waals surface area contributed by atoms with Crippen molar-refractivity contribution in [2.45, 2.75) is 26.2 Å². The summed E-state index contributed by atoms with van der Waals surface area (Å²) in [4.78, 5) is 10.8. The van der Waals surface area contributed by atoms with E-state index in [0.717, 1.165) is 18.6 Å². The van der Waals surface area contributed by atoms with E-state index in [0.29, 0.717) is 17.7 Å². The number of halogens is 2. The van der Waals surface area contributed by atoms with E-state index in [1.54, 1.807) is 0 Å². The summed E-state index contributed by atoms with van der Waals surface area (Å²) >= 11 is 0. The molecule has 0 spiro atoms. The Bertz CT molecular complexity index is 654. The first-order valence-corrected chi connectivity index (χ1v) is 6.54. The first-order valence-electron chi connectivity index (χ1n) is 6.54. The number of aliphatic carboxylic acids is 1. The zero-order chi connectivity index (χ0) is 15.4. The fraction of sp³-hybridized carbons (Fsp3) is 0.267. The Kier molecular flexibility index (Phi) is 4.57. The molecule has 0 atom stereocenters. The monoisotopic (exact) mass is 292 g/mol. The molecule has 2 aromatic rings. The van der Waals surface area contributed by atoms with Gasteiger partial charge in [0.25, 0.3) is 0 Å². The number of nitrogens with zero attached hydrogens (tertiary/aromatic N) is 2. The van der Waals surface area contributed by atoms with E-state index in [9.17, 15) is 13.6 Å². The third-order valence-corrected chi connectivity index (χ3v) is 3.02. The van der Waals surface area contributed by atoms with Crippen LogP contribution in [0, 0.1) is 11.6 Å². The summed E-state index contributed by atoms with van der Waals surface area (Å²) in [5.41, 5.74) is 0.796. The lowest BCUT2D eigenvalue weighted by molar-refractivity contribution is -0.136. The summed E-state index contributed by atoms with van der Waals surface area (Å²) in [5.74, 6) is -2.47. The molecule has 2 rings (SSSR count). The van der Waals surface area contributed by atoms with E-state index in [-0.39, 0.29) is 17.7 Å². The molecule has 0 radical (unpaired) electrons. The Morgan fingerprint density at radius 2 is 1.90 bits per heavy atom. The minimum Gasteiger partial charge on any atom is -0.481 e. The summed E-state index contributed by atoms with van der Waals surface area (Å²) < 4.78 is 27.5. The molecular formula is C15H14F2N2O2. The molecule has 0 aliphatic heterocycles. The molecule has 110 valence electrons. The molecule has 6 heteroatoms. The van der Waals surface area contributed by atoms with Gasteiger partial charge in [0.2, 0.25) is 0 Å². The number of carbonyl (C=O) groups is 1. The molecule has 1 aromatic carbocycles. The Morgan fingerprint density at radius 1 is 1.24 bits per heavy atom. The van der Waals surface area contributed by atoms with Crippen molar-refractivity contribution in [3.63, 3.8) is 0 Å². The van der Waals surface area contributed by atoms with E-state index < -0.39 is 17.6 Å². The van der Waals surface area contributed by atoms with E-state index in [1.807, 2.05) is 6.92 Å². The van der Waals surface area contributed by atoms with Crippen LogP contribution < -0.4 is 0 Å². The average molecular weight is 292 g/mol. The maximum atomic E-state index is 13.8. The molecule has 0 aliphatic rings. The smallest absolute Gasteiger partial charge is 0.309 e. The molecule has 0 fully saturated rings. The molecule has 21 heavy (non-hydrogen) atoms. The molecule has 0 saturated carbocycles. The second-order valence-corrected chi connectivity index (χ2v) is 4.62. The van der Waals surface area contributed by atoms with E-state index in [2.05, 4.69) is 10.2 Å². The van der Waals surface area contributed by atoms with Gasteiger partial charge in [-0.1, -0.05) is 19.4 Å². The lowest BCUT2D eigenvalue weighted by atomic mass is 10.0. The first kappa shape index (κ1) is 15.0. The van der Waals surface area contributed by atoms with Gasteiger partial charge < -0.3 is 5.11 Å². The summed E-state index contributed by atoms with van der Waals surface area (Å²) in [6.07, 6.45) is 1.07. The number of aryl methyl sites for hydroxylation is 1. The molecule has 1 N–H and O–H groups in total. The second-order valence-electron chi connectivity index (χ2n) is 4.62. The van der Waals surface area contributed by atoms with Crippen LogP contribution in [-0.2, 0) is 17.6 Å². The first-order chi connectivity index (χ1) is 10.0. The topological polar surface area (TPSA) is 63.1 Å². The Hall–Kier alpha value is -2.37. The van der Waals surface area contributed by atoms with Crippen molar-refractivity contribution in [1.29, 1.82) is 0 Å². The highest BCUT2D eigenvalue weighted by atomic mass is 19.1. The molecule has 0 aliphatic carbocycles. The third-order valence-electron chi connectivity index (χ3n) is 3.02. The number of carboxylic acid groups (broad SMARTS) is 1. The van der Waals surface area contributed by atoms with Gasteiger partial charge in [-0.2, -0.15) is 10.2 Å². The van der Waals surface area contributed by atoms with Crippen LogP contribution in [0.3, 0.4) is 0 Å². The van der Waals surface area contributed by atoms with Gasteiger partial charge in [-0.3, -0.25) is 4.79 Å². The molecule has 0 saturated heterocycles. The third kappa shape index (κ3) is 3.39. The van der Waals surface area contributed by atoms with Crippen LogP contribution in [0.15, 0.2) is 24.3 Å². The van der Waals surface area contributed by atoms with Crippen LogP contribution in [0.25, 0.3) is 11.3 Å². The van der Waals surface area contributed by atoms with Gasteiger partial charge in [-0.25, -0.2) is 8.78 Å². The number of aromatic nitrogens is 2. The van der Waals surface area contributed by atoms with Crippen molar-refractivity contribution >= 4 is 5.97 Å². The highest BCUT2D eigenvalue weighted by Crippen LogP contribution is 2.25. The van der Waals surface area contributed by atoms with Gasteiger partial charge in [0.15, 0.2) is 0 Å². The summed E-state index contributed by atoms with van der Waals surface area (Å²) in [5, 5.41) is 16.5. The van der Waals surface area contributed by atoms with Crippen LogP contribution in [0.4, 0.5) is 8.78 Å². The molecular weight excluding hydrogens is 278 g/mol. The predicted molar refractivity (Wildman–Crippen MR) is 72.7 cm³/mol. The number of rotatable bonds is 5. The van der Waals surface area contributed by atoms with Crippen molar-refractivity contribution in [1.82, 2.24) is 10.2 Å². The Balaban J connectivity index is 2.51. The zero-order valence-corrected chi connectivity index (χ0v) is 11.4. The predicted octanol–water partition coefficient (Wildman–Crippen LogP) is 3.00. The SMILES string of the molecule is CCCc1cc(-c2c(F)cccc2F)nnc1CC(=O)O. The van der Waals surface area contributed by atoms with Gasteiger partial charge in [-0.15, -0.1) is 0 Å². The zero-order valence-electron chi connectivity index (χ0n) is 11.4. The lowest BCUT2D eigenvalue weighted by Gasteiger charge is -2.09. The number of carboxylic acids is 1. The van der Waals surface area contributed by atoms with E-state index >= 15 is 0 Å². The number of hydrogen-bond donors (Lipinski definition) is 1. The molecule has 4 nitrogen and oxygen atoms in total. The summed E-state index contributed by atoms with van der Waals surface area (Å²) in [6.45, 7) is 1.92. The van der Waals surface area contributed by atoms with Crippen molar-refractivity contribution in [2.24, 2.45) is 0 Å². The van der Waals surface area contributed by atoms with Crippen molar-refractivity contribution in [3.05, 3.63) is 47.2 Å². The fourth-order valence-corrected chi connectivity index (χ4v) is 2.10. The average Bonchev–Trinajstić information content (AvgIpc) is 2.41. The van der Waals surface area contributed by atoms with E-state index in [1.165, 1.54) is 12.1 Å². The minimum atomic E-state index is -1.02. The van der Waals surface area contributed by atoms with Gasteiger partial charge in [0.05, 0.1) is 23.4 Å². The van der Waals surface area contributed by atoms with Gasteiger partial charge >= 0.3 is 5.97 Å². The molecule has 0 amide bonds. The number of benzene rings is 1. The van der Waals surface area contributed by atoms with Crippen LogP contribution in [0.5, 0.6) is 0 Å². The number of hydrogen-bond acceptors (Lipinski definition) is 3.